The number of rotatable bonds is 4. The molecule has 0 atom stereocenters. The molecule has 0 radical (unpaired) electrons. The Morgan fingerprint density at radius 2 is 1.85 bits per heavy atom. The van der Waals surface area contributed by atoms with Crippen molar-refractivity contribution in [2.24, 2.45) is 0 Å². The third-order valence-corrected chi connectivity index (χ3v) is 4.71. The normalized spacial score (nSPS) is 14.5. The predicted molar refractivity (Wildman–Crippen MR) is 109 cm³/mol. The number of amides is 1. The van der Waals surface area contributed by atoms with E-state index in [1.165, 1.54) is 18.9 Å². The number of fused-ring (bicyclic) bond motifs is 1. The molecule has 26 heavy (non-hydrogen) atoms. The molecule has 0 aromatic heterocycles. The number of hydrogen-bond donors (Lipinski definition) is 3. The summed E-state index contributed by atoms with van der Waals surface area (Å²) in [5, 5.41) is 5.85. The summed E-state index contributed by atoms with van der Waals surface area (Å²) in [6.07, 6.45) is 7.97. The Morgan fingerprint density at radius 3 is 2.62 bits per heavy atom. The van der Waals surface area contributed by atoms with Crippen molar-refractivity contribution in [3.05, 3.63) is 48.0 Å². The van der Waals surface area contributed by atoms with Crippen LogP contribution in [0.5, 0.6) is 5.75 Å². The molecular formula is C20H23N3O2S. The highest BCUT2D eigenvalue weighted by atomic mass is 32.1. The number of thiocarbonyl (C=S) groups is 1. The van der Waals surface area contributed by atoms with Gasteiger partial charge in [-0.1, -0.05) is 31.0 Å². The maximum atomic E-state index is 11.9. The molecule has 1 saturated carbocycles. The van der Waals surface area contributed by atoms with E-state index in [0.29, 0.717) is 11.2 Å². The lowest BCUT2D eigenvalue weighted by atomic mass is 10.1. The zero-order chi connectivity index (χ0) is 18.4. The van der Waals surface area contributed by atoms with Gasteiger partial charge in [-0.2, -0.15) is 0 Å². The van der Waals surface area contributed by atoms with Crippen LogP contribution in [0.25, 0.3) is 16.8 Å². The smallest absolute Gasteiger partial charge is 0.262 e. The van der Waals surface area contributed by atoms with Crippen molar-refractivity contribution >= 4 is 40.1 Å². The fourth-order valence-electron chi connectivity index (χ4n) is 3.10. The molecule has 1 aliphatic carbocycles. The zero-order valence-electron chi connectivity index (χ0n) is 14.7. The van der Waals surface area contributed by atoms with E-state index < -0.39 is 0 Å². The summed E-state index contributed by atoms with van der Waals surface area (Å²) in [4.78, 5) is 11.9. The van der Waals surface area contributed by atoms with Crippen molar-refractivity contribution in [3.8, 4) is 5.75 Å². The van der Waals surface area contributed by atoms with Crippen LogP contribution < -0.4 is 20.9 Å². The van der Waals surface area contributed by atoms with Gasteiger partial charge >= 0.3 is 0 Å². The minimum Gasteiger partial charge on any atom is -0.497 e. The van der Waals surface area contributed by atoms with E-state index in [9.17, 15) is 4.79 Å². The Balaban J connectivity index is 1.52. The van der Waals surface area contributed by atoms with Crippen molar-refractivity contribution in [1.82, 2.24) is 16.2 Å². The van der Waals surface area contributed by atoms with Crippen molar-refractivity contribution in [3.63, 3.8) is 0 Å². The molecule has 0 bridgehead atoms. The highest BCUT2D eigenvalue weighted by molar-refractivity contribution is 7.80. The zero-order valence-corrected chi connectivity index (χ0v) is 15.6. The van der Waals surface area contributed by atoms with Gasteiger partial charge < -0.3 is 10.1 Å². The van der Waals surface area contributed by atoms with Crippen LogP contribution in [0, 0.1) is 0 Å². The fraction of sp³-hybridized carbons (Fsp3) is 0.300. The van der Waals surface area contributed by atoms with Gasteiger partial charge in [0.1, 0.15) is 5.75 Å². The van der Waals surface area contributed by atoms with Crippen molar-refractivity contribution in [2.75, 3.05) is 7.11 Å². The number of carbonyl (C=O) groups excluding carboxylic acids is 1. The second-order valence-electron chi connectivity index (χ2n) is 6.37. The summed E-state index contributed by atoms with van der Waals surface area (Å²) in [6, 6.07) is 12.3. The summed E-state index contributed by atoms with van der Waals surface area (Å²) < 4.78 is 5.23. The number of methoxy groups -OCH3 is 1. The first-order chi connectivity index (χ1) is 12.6. The number of hydrazine groups is 1. The van der Waals surface area contributed by atoms with Gasteiger partial charge in [-0.15, -0.1) is 0 Å². The first kappa shape index (κ1) is 18.2. The topological polar surface area (TPSA) is 62.4 Å². The molecular weight excluding hydrogens is 346 g/mol. The third kappa shape index (κ3) is 4.95. The summed E-state index contributed by atoms with van der Waals surface area (Å²) in [5.74, 6) is 0.573. The Kier molecular flexibility index (Phi) is 6.07. The molecule has 0 spiro atoms. The van der Waals surface area contributed by atoms with E-state index in [1.807, 2.05) is 36.4 Å². The molecule has 0 heterocycles. The summed E-state index contributed by atoms with van der Waals surface area (Å²) in [5.41, 5.74) is 6.28. The number of ether oxygens (including phenoxy) is 1. The van der Waals surface area contributed by atoms with Crippen LogP contribution in [0.2, 0.25) is 0 Å². The Morgan fingerprint density at radius 1 is 1.12 bits per heavy atom. The van der Waals surface area contributed by atoms with Crippen LogP contribution in [0.4, 0.5) is 0 Å². The molecule has 6 heteroatoms. The molecule has 2 aromatic carbocycles. The van der Waals surface area contributed by atoms with Crippen LogP contribution >= 0.6 is 12.2 Å². The average molecular weight is 369 g/mol. The van der Waals surface area contributed by atoms with Gasteiger partial charge in [0.05, 0.1) is 7.11 Å². The van der Waals surface area contributed by atoms with Crippen molar-refractivity contribution in [1.29, 1.82) is 0 Å². The number of nitrogens with one attached hydrogen (secondary N) is 3. The lowest BCUT2D eigenvalue weighted by molar-refractivity contribution is -0.116. The molecule has 0 aliphatic heterocycles. The number of hydrogen-bond acceptors (Lipinski definition) is 3. The molecule has 0 saturated heterocycles. The molecule has 3 N–H and O–H groups in total. The Bertz CT molecular complexity index is 829. The van der Waals surface area contributed by atoms with Gasteiger partial charge in [0, 0.05) is 12.1 Å². The van der Waals surface area contributed by atoms with Gasteiger partial charge in [-0.3, -0.25) is 15.6 Å². The number of carbonyl (C=O) groups is 1. The third-order valence-electron chi connectivity index (χ3n) is 4.49. The molecule has 136 valence electrons. The van der Waals surface area contributed by atoms with Gasteiger partial charge in [0.2, 0.25) is 0 Å². The van der Waals surface area contributed by atoms with Crippen molar-refractivity contribution in [2.45, 2.75) is 31.7 Å². The van der Waals surface area contributed by atoms with Crippen LogP contribution in [-0.4, -0.2) is 24.2 Å². The summed E-state index contributed by atoms with van der Waals surface area (Å²) in [7, 11) is 1.65. The highest BCUT2D eigenvalue weighted by Gasteiger charge is 2.15. The van der Waals surface area contributed by atoms with E-state index in [1.54, 1.807) is 13.2 Å². The molecule has 5 nitrogen and oxygen atoms in total. The molecule has 3 rings (SSSR count). The minimum absolute atomic E-state index is 0.254. The van der Waals surface area contributed by atoms with Crippen molar-refractivity contribution < 1.29 is 9.53 Å². The largest absolute Gasteiger partial charge is 0.497 e. The Labute approximate surface area is 158 Å². The molecule has 1 fully saturated rings. The van der Waals surface area contributed by atoms with E-state index in [4.69, 9.17) is 17.0 Å². The SMILES string of the molecule is COc1ccc2cc(/C=C/C(=O)NNC(=S)NC3CCCC3)ccc2c1. The average Bonchev–Trinajstić information content (AvgIpc) is 3.17. The molecule has 1 amide bonds. The van der Waals surface area contributed by atoms with E-state index in [0.717, 1.165) is 34.9 Å². The van der Waals surface area contributed by atoms with Crippen LogP contribution in [-0.2, 0) is 4.79 Å². The van der Waals surface area contributed by atoms with E-state index in [-0.39, 0.29) is 5.91 Å². The lowest BCUT2D eigenvalue weighted by Crippen LogP contribution is -2.48. The second-order valence-corrected chi connectivity index (χ2v) is 6.78. The van der Waals surface area contributed by atoms with Gasteiger partial charge in [0.25, 0.3) is 5.91 Å². The van der Waals surface area contributed by atoms with Gasteiger partial charge in [0.15, 0.2) is 5.11 Å². The summed E-state index contributed by atoms with van der Waals surface area (Å²) >= 11 is 5.19. The van der Waals surface area contributed by atoms with E-state index in [2.05, 4.69) is 16.2 Å². The van der Waals surface area contributed by atoms with Crippen LogP contribution in [0.3, 0.4) is 0 Å². The standard InChI is InChI=1S/C20H23N3O2S/c1-25-18-10-9-15-12-14(6-8-16(15)13-18)7-11-19(24)22-23-20(26)21-17-4-2-3-5-17/h6-13,17H,2-5H2,1H3,(H,22,24)(H2,21,23,26)/b11-7+. The number of benzene rings is 2. The van der Waals surface area contributed by atoms with Gasteiger partial charge in [-0.05, 0) is 65.7 Å². The van der Waals surface area contributed by atoms with Gasteiger partial charge in [-0.25, -0.2) is 0 Å². The second kappa shape index (κ2) is 8.67. The summed E-state index contributed by atoms with van der Waals surface area (Å²) in [6.45, 7) is 0. The maximum absolute atomic E-state index is 11.9. The lowest BCUT2D eigenvalue weighted by Gasteiger charge is -2.15. The predicted octanol–water partition coefficient (Wildman–Crippen LogP) is 3.30. The quantitative estimate of drug-likeness (QED) is 0.438. The molecule has 1 aliphatic rings. The molecule has 2 aromatic rings. The van der Waals surface area contributed by atoms with Crippen LogP contribution in [0.1, 0.15) is 31.2 Å². The maximum Gasteiger partial charge on any atom is 0.262 e. The Hall–Kier alpha value is -2.60. The fourth-order valence-corrected chi connectivity index (χ4v) is 3.31. The monoisotopic (exact) mass is 369 g/mol. The first-order valence-corrected chi connectivity index (χ1v) is 9.17. The van der Waals surface area contributed by atoms with E-state index >= 15 is 0 Å². The minimum atomic E-state index is -0.254. The highest BCUT2D eigenvalue weighted by Crippen LogP contribution is 2.22. The molecule has 0 unspecified atom stereocenters. The van der Waals surface area contributed by atoms with Crippen LogP contribution in [0.15, 0.2) is 42.5 Å². The first-order valence-electron chi connectivity index (χ1n) is 8.76.